The van der Waals surface area contributed by atoms with Crippen LogP contribution in [0.15, 0.2) is 4.99 Å². The summed E-state index contributed by atoms with van der Waals surface area (Å²) in [4.78, 5) is 4.21. The predicted octanol–water partition coefficient (Wildman–Crippen LogP) is 0.186. The zero-order chi connectivity index (χ0) is 6.97. The zero-order valence-corrected chi connectivity index (χ0v) is 5.79. The summed E-state index contributed by atoms with van der Waals surface area (Å²) in [5.41, 5.74) is 0. The molecule has 0 saturated heterocycles. The lowest BCUT2D eigenvalue weighted by molar-refractivity contribution is 0.225. The minimum Gasteiger partial charge on any atom is -0.478 e. The molecule has 0 amide bonds. The van der Waals surface area contributed by atoms with Crippen LogP contribution in [0.3, 0.4) is 0 Å². The molecule has 1 aliphatic carbocycles. The van der Waals surface area contributed by atoms with Gasteiger partial charge in [0, 0.05) is 5.92 Å². The third-order valence-corrected chi connectivity index (χ3v) is 1.87. The Morgan fingerprint density at radius 1 is 1.60 bits per heavy atom. The molecular weight excluding hydrogens is 130 g/mol. The van der Waals surface area contributed by atoms with Gasteiger partial charge >= 0.3 is 0 Å². The number of hydrogen-bond donors (Lipinski definition) is 1. The number of aliphatic imine (C=N–C) groups is 1. The summed E-state index contributed by atoms with van der Waals surface area (Å²) in [5.74, 6) is 1.48. The first-order valence-electron chi connectivity index (χ1n) is 3.71. The molecule has 10 heavy (non-hydrogen) atoms. The Kier molecular flexibility index (Phi) is 1.38. The third-order valence-electron chi connectivity index (χ3n) is 1.87. The molecule has 3 nitrogen and oxygen atoms in total. The fraction of sp³-hybridized carbons (Fsp3) is 0.857. The second kappa shape index (κ2) is 2.23. The number of nitrogens with zero attached hydrogens (tertiary/aromatic N) is 1. The van der Waals surface area contributed by atoms with Gasteiger partial charge in [-0.25, -0.2) is 4.99 Å². The standard InChI is InChI=1S/C7H11NO2/c9-3-6-4-10-7(8-6)5-1-2-5/h5-6,9H,1-4H2. The zero-order valence-electron chi connectivity index (χ0n) is 5.79. The molecule has 0 radical (unpaired) electrons. The predicted molar refractivity (Wildman–Crippen MR) is 37.0 cm³/mol. The van der Waals surface area contributed by atoms with E-state index in [9.17, 15) is 0 Å². The largest absolute Gasteiger partial charge is 0.478 e. The lowest BCUT2D eigenvalue weighted by Gasteiger charge is -1.96. The third kappa shape index (κ3) is 1.01. The SMILES string of the molecule is OCC1COC(C2CC2)=N1. The number of hydrogen-bond acceptors (Lipinski definition) is 3. The monoisotopic (exact) mass is 141 g/mol. The van der Waals surface area contributed by atoms with E-state index in [4.69, 9.17) is 9.84 Å². The van der Waals surface area contributed by atoms with Crippen molar-refractivity contribution in [3.8, 4) is 0 Å². The maximum atomic E-state index is 8.70. The average Bonchev–Trinajstić information content (AvgIpc) is 2.70. The van der Waals surface area contributed by atoms with E-state index in [0.29, 0.717) is 12.5 Å². The first-order chi connectivity index (χ1) is 4.90. The Labute approximate surface area is 59.7 Å². The molecule has 0 bridgehead atoms. The van der Waals surface area contributed by atoms with Crippen molar-refractivity contribution in [1.82, 2.24) is 0 Å². The molecule has 0 aromatic heterocycles. The molecule has 1 heterocycles. The van der Waals surface area contributed by atoms with Gasteiger partial charge in [-0.1, -0.05) is 0 Å². The first-order valence-corrected chi connectivity index (χ1v) is 3.71. The lowest BCUT2D eigenvalue weighted by atomic mass is 10.4. The highest BCUT2D eigenvalue weighted by Crippen LogP contribution is 2.32. The van der Waals surface area contributed by atoms with Crippen molar-refractivity contribution in [2.75, 3.05) is 13.2 Å². The number of ether oxygens (including phenoxy) is 1. The van der Waals surface area contributed by atoms with Gasteiger partial charge in [0.25, 0.3) is 0 Å². The molecule has 2 rings (SSSR count). The Hall–Kier alpha value is -0.570. The Balaban J connectivity index is 1.96. The number of aliphatic hydroxyl groups excluding tert-OH is 1. The Morgan fingerprint density at radius 3 is 2.90 bits per heavy atom. The molecule has 1 atom stereocenters. The van der Waals surface area contributed by atoms with Crippen LogP contribution in [0.4, 0.5) is 0 Å². The molecule has 0 spiro atoms. The van der Waals surface area contributed by atoms with Gasteiger partial charge in [0.2, 0.25) is 0 Å². The van der Waals surface area contributed by atoms with Crippen LogP contribution in [0.1, 0.15) is 12.8 Å². The van der Waals surface area contributed by atoms with Crippen molar-refractivity contribution < 1.29 is 9.84 Å². The van der Waals surface area contributed by atoms with Crippen LogP contribution in [0.25, 0.3) is 0 Å². The summed E-state index contributed by atoms with van der Waals surface area (Å²) in [6.45, 7) is 0.707. The highest BCUT2D eigenvalue weighted by atomic mass is 16.5. The molecular formula is C7H11NO2. The molecule has 3 heteroatoms. The van der Waals surface area contributed by atoms with Crippen molar-refractivity contribution in [2.45, 2.75) is 18.9 Å². The van der Waals surface area contributed by atoms with Crippen LogP contribution in [-0.2, 0) is 4.74 Å². The van der Waals surface area contributed by atoms with Crippen LogP contribution in [0.5, 0.6) is 0 Å². The highest BCUT2D eigenvalue weighted by molar-refractivity contribution is 5.82. The van der Waals surface area contributed by atoms with Gasteiger partial charge in [-0.2, -0.15) is 0 Å². The van der Waals surface area contributed by atoms with Crippen molar-refractivity contribution in [3.05, 3.63) is 0 Å². The van der Waals surface area contributed by atoms with Gasteiger partial charge in [0.05, 0.1) is 6.61 Å². The summed E-state index contributed by atoms with van der Waals surface area (Å²) in [6.07, 6.45) is 2.44. The maximum Gasteiger partial charge on any atom is 0.186 e. The summed E-state index contributed by atoms with van der Waals surface area (Å²) in [5, 5.41) is 8.70. The van der Waals surface area contributed by atoms with E-state index in [1.165, 1.54) is 12.8 Å². The van der Waals surface area contributed by atoms with E-state index in [1.54, 1.807) is 0 Å². The van der Waals surface area contributed by atoms with Crippen LogP contribution in [-0.4, -0.2) is 30.3 Å². The quantitative estimate of drug-likeness (QED) is 0.596. The fourth-order valence-corrected chi connectivity index (χ4v) is 1.08. The van der Waals surface area contributed by atoms with Crippen LogP contribution in [0.2, 0.25) is 0 Å². The number of aliphatic hydroxyl groups is 1. The van der Waals surface area contributed by atoms with Gasteiger partial charge < -0.3 is 9.84 Å². The van der Waals surface area contributed by atoms with Crippen molar-refractivity contribution >= 4 is 5.90 Å². The molecule has 1 N–H and O–H groups in total. The number of rotatable bonds is 2. The van der Waals surface area contributed by atoms with E-state index in [2.05, 4.69) is 4.99 Å². The van der Waals surface area contributed by atoms with E-state index < -0.39 is 0 Å². The van der Waals surface area contributed by atoms with E-state index >= 15 is 0 Å². The fourth-order valence-electron chi connectivity index (χ4n) is 1.08. The smallest absolute Gasteiger partial charge is 0.186 e. The molecule has 2 aliphatic rings. The summed E-state index contributed by atoms with van der Waals surface area (Å²) in [6, 6.07) is 0.0237. The van der Waals surface area contributed by atoms with Crippen molar-refractivity contribution in [3.63, 3.8) is 0 Å². The molecule has 1 fully saturated rings. The molecule has 56 valence electrons. The minimum absolute atomic E-state index is 0.0237. The van der Waals surface area contributed by atoms with E-state index in [0.717, 1.165) is 5.90 Å². The van der Waals surface area contributed by atoms with E-state index in [-0.39, 0.29) is 12.6 Å². The minimum atomic E-state index is 0.0237. The molecule has 1 unspecified atom stereocenters. The normalized spacial score (nSPS) is 31.7. The van der Waals surface area contributed by atoms with Crippen LogP contribution >= 0.6 is 0 Å². The van der Waals surface area contributed by atoms with Gasteiger partial charge in [-0.15, -0.1) is 0 Å². The summed E-state index contributed by atoms with van der Waals surface area (Å²) >= 11 is 0. The molecule has 1 aliphatic heterocycles. The van der Waals surface area contributed by atoms with Crippen LogP contribution < -0.4 is 0 Å². The van der Waals surface area contributed by atoms with Gasteiger partial charge in [-0.3, -0.25) is 0 Å². The molecule has 1 saturated carbocycles. The molecule has 0 aromatic carbocycles. The summed E-state index contributed by atoms with van der Waals surface area (Å²) in [7, 11) is 0. The molecule has 0 aromatic rings. The van der Waals surface area contributed by atoms with Gasteiger partial charge in [-0.05, 0) is 12.8 Å². The highest BCUT2D eigenvalue weighted by Gasteiger charge is 2.33. The second-order valence-corrected chi connectivity index (χ2v) is 2.89. The van der Waals surface area contributed by atoms with Crippen molar-refractivity contribution in [1.29, 1.82) is 0 Å². The van der Waals surface area contributed by atoms with Gasteiger partial charge in [0.1, 0.15) is 12.6 Å². The average molecular weight is 141 g/mol. The summed E-state index contributed by atoms with van der Waals surface area (Å²) < 4.78 is 5.27. The topological polar surface area (TPSA) is 41.8 Å². The van der Waals surface area contributed by atoms with Crippen molar-refractivity contribution in [2.24, 2.45) is 10.9 Å². The van der Waals surface area contributed by atoms with Gasteiger partial charge in [0.15, 0.2) is 5.90 Å². The Morgan fingerprint density at radius 2 is 2.40 bits per heavy atom. The first kappa shape index (κ1) is 6.16. The second-order valence-electron chi connectivity index (χ2n) is 2.89. The van der Waals surface area contributed by atoms with E-state index in [1.807, 2.05) is 0 Å². The maximum absolute atomic E-state index is 8.70. The lowest BCUT2D eigenvalue weighted by Crippen LogP contribution is -2.10. The van der Waals surface area contributed by atoms with Crippen LogP contribution in [0, 0.1) is 5.92 Å². The Bertz CT molecular complexity index is 163.